The van der Waals surface area contributed by atoms with Gasteiger partial charge in [0.25, 0.3) is 5.91 Å². The predicted molar refractivity (Wildman–Crippen MR) is 98.5 cm³/mol. The Hall–Kier alpha value is -2.81. The van der Waals surface area contributed by atoms with Gasteiger partial charge in [-0.25, -0.2) is 13.2 Å². The first-order valence-corrected chi connectivity index (χ1v) is 10.2. The second-order valence-electron chi connectivity index (χ2n) is 6.63. The molecule has 2 aromatic rings. The lowest BCUT2D eigenvalue weighted by Crippen LogP contribution is -2.34. The third kappa shape index (κ3) is 3.68. The van der Waals surface area contributed by atoms with Crippen LogP contribution in [0, 0.1) is 6.92 Å². The van der Waals surface area contributed by atoms with Gasteiger partial charge in [-0.05, 0) is 50.1 Å². The van der Waals surface area contributed by atoms with Crippen LogP contribution >= 0.6 is 0 Å². The van der Waals surface area contributed by atoms with E-state index in [2.05, 4.69) is 5.32 Å². The van der Waals surface area contributed by atoms with Gasteiger partial charge in [-0.15, -0.1) is 0 Å². The Kier molecular flexibility index (Phi) is 4.73. The molecule has 0 saturated heterocycles. The van der Waals surface area contributed by atoms with E-state index < -0.39 is 16.0 Å². The molecule has 1 aromatic heterocycles. The number of carboxylic acid groups (broad SMARTS) is 1. The highest BCUT2D eigenvalue weighted by atomic mass is 32.2. The summed E-state index contributed by atoms with van der Waals surface area (Å²) in [5.74, 6) is -0.818. The Morgan fingerprint density at radius 3 is 2.63 bits per heavy atom. The van der Waals surface area contributed by atoms with Gasteiger partial charge in [0.05, 0.1) is 18.5 Å². The van der Waals surface area contributed by atoms with Crippen LogP contribution in [0.1, 0.15) is 44.7 Å². The first kappa shape index (κ1) is 19.0. The molecule has 0 spiro atoms. The molecule has 0 radical (unpaired) electrons. The van der Waals surface area contributed by atoms with Crippen LogP contribution in [0.2, 0.25) is 0 Å². The topological polar surface area (TPSA) is 117 Å². The molecule has 0 bridgehead atoms. The van der Waals surface area contributed by atoms with E-state index in [-0.39, 0.29) is 29.8 Å². The Balaban J connectivity index is 1.75. The number of amides is 1. The number of carbonyl (C=O) groups excluding carboxylic acids is 1. The summed E-state index contributed by atoms with van der Waals surface area (Å²) in [4.78, 5) is 23.4. The molecule has 1 aliphatic rings. The van der Waals surface area contributed by atoms with E-state index in [4.69, 9.17) is 9.52 Å². The molecule has 0 aliphatic carbocycles. The number of nitrogens with one attached hydrogen (secondary N) is 1. The first-order chi connectivity index (χ1) is 12.6. The quantitative estimate of drug-likeness (QED) is 0.803. The number of aromatic carboxylic acids is 1. The number of aryl methyl sites for hydroxylation is 1. The van der Waals surface area contributed by atoms with Crippen LogP contribution in [-0.2, 0) is 23.0 Å². The van der Waals surface area contributed by atoms with Crippen molar-refractivity contribution in [3.05, 3.63) is 52.5 Å². The maximum absolute atomic E-state index is 12.4. The second-order valence-corrected chi connectivity index (χ2v) is 8.49. The lowest BCUT2D eigenvalue weighted by molar-refractivity contribution is 0.0694. The van der Waals surface area contributed by atoms with Gasteiger partial charge in [-0.3, -0.25) is 9.10 Å². The largest absolute Gasteiger partial charge is 0.478 e. The molecule has 1 unspecified atom stereocenters. The molecule has 0 fully saturated rings. The minimum absolute atomic E-state index is 0.0515. The SMILES string of the molecule is Cc1oc(CNC(=O)c2ccc3c(c2)CC(C)N3S(C)(=O)=O)cc1C(=O)O. The zero-order valence-corrected chi connectivity index (χ0v) is 16.0. The van der Waals surface area contributed by atoms with E-state index >= 15 is 0 Å². The van der Waals surface area contributed by atoms with Gasteiger partial charge in [0, 0.05) is 11.6 Å². The van der Waals surface area contributed by atoms with Crippen LogP contribution in [0.15, 0.2) is 28.7 Å². The van der Waals surface area contributed by atoms with Crippen molar-refractivity contribution < 1.29 is 27.5 Å². The second kappa shape index (κ2) is 6.73. The van der Waals surface area contributed by atoms with Gasteiger partial charge >= 0.3 is 5.97 Å². The summed E-state index contributed by atoms with van der Waals surface area (Å²) in [5, 5.41) is 11.7. The summed E-state index contributed by atoms with van der Waals surface area (Å²) < 4.78 is 30.6. The maximum atomic E-state index is 12.4. The minimum Gasteiger partial charge on any atom is -0.478 e. The monoisotopic (exact) mass is 392 g/mol. The standard InChI is InChI=1S/C18H20N2O6S/c1-10-6-13-7-12(4-5-16(13)20(10)27(3,24)25)17(21)19-9-14-8-15(18(22)23)11(2)26-14/h4-5,7-8,10H,6,9H2,1-3H3,(H,19,21)(H,22,23). The number of furan rings is 1. The Morgan fingerprint density at radius 1 is 1.33 bits per heavy atom. The van der Waals surface area contributed by atoms with Crippen LogP contribution in [0.3, 0.4) is 0 Å². The molecular weight excluding hydrogens is 372 g/mol. The zero-order chi connectivity index (χ0) is 19.9. The van der Waals surface area contributed by atoms with Crippen molar-refractivity contribution in [3.8, 4) is 0 Å². The van der Waals surface area contributed by atoms with Crippen molar-refractivity contribution in [2.24, 2.45) is 0 Å². The number of carbonyl (C=O) groups is 2. The highest BCUT2D eigenvalue weighted by Gasteiger charge is 2.32. The summed E-state index contributed by atoms with van der Waals surface area (Å²) in [6.45, 7) is 3.42. The Morgan fingerprint density at radius 2 is 2.04 bits per heavy atom. The summed E-state index contributed by atoms with van der Waals surface area (Å²) in [6, 6.07) is 6.07. The van der Waals surface area contributed by atoms with Gasteiger partial charge in [-0.2, -0.15) is 0 Å². The number of sulfonamides is 1. The van der Waals surface area contributed by atoms with Crippen molar-refractivity contribution in [3.63, 3.8) is 0 Å². The number of nitrogens with zero attached hydrogens (tertiary/aromatic N) is 1. The number of anilines is 1. The molecular formula is C18H20N2O6S. The number of benzene rings is 1. The van der Waals surface area contributed by atoms with Gasteiger partial charge < -0.3 is 14.8 Å². The average molecular weight is 392 g/mol. The molecule has 2 N–H and O–H groups in total. The number of fused-ring (bicyclic) bond motifs is 1. The third-order valence-electron chi connectivity index (χ3n) is 4.47. The number of hydrogen-bond acceptors (Lipinski definition) is 5. The van der Waals surface area contributed by atoms with Gasteiger partial charge in [-0.1, -0.05) is 0 Å². The van der Waals surface area contributed by atoms with E-state index in [1.54, 1.807) is 25.1 Å². The third-order valence-corrected chi connectivity index (χ3v) is 5.75. The fourth-order valence-corrected chi connectivity index (χ4v) is 4.63. The molecule has 1 atom stereocenters. The zero-order valence-electron chi connectivity index (χ0n) is 15.1. The molecule has 9 heteroatoms. The molecule has 144 valence electrons. The van der Waals surface area contributed by atoms with Crippen LogP contribution in [0.25, 0.3) is 0 Å². The molecule has 1 aliphatic heterocycles. The van der Waals surface area contributed by atoms with Crippen LogP contribution < -0.4 is 9.62 Å². The molecule has 27 heavy (non-hydrogen) atoms. The molecule has 2 heterocycles. The molecule has 8 nitrogen and oxygen atoms in total. The Bertz CT molecular complexity index is 1020. The van der Waals surface area contributed by atoms with Gasteiger partial charge in [0.15, 0.2) is 0 Å². The fraction of sp³-hybridized carbons (Fsp3) is 0.333. The number of hydrogen-bond donors (Lipinski definition) is 2. The number of rotatable bonds is 5. The summed E-state index contributed by atoms with van der Waals surface area (Å²) in [6.07, 6.45) is 1.69. The highest BCUT2D eigenvalue weighted by molar-refractivity contribution is 7.92. The van der Waals surface area contributed by atoms with Gasteiger partial charge in [0.2, 0.25) is 10.0 Å². The lowest BCUT2D eigenvalue weighted by Gasteiger charge is -2.21. The van der Waals surface area contributed by atoms with E-state index in [1.807, 2.05) is 6.92 Å². The van der Waals surface area contributed by atoms with Gasteiger partial charge in [0.1, 0.15) is 17.1 Å². The van der Waals surface area contributed by atoms with Crippen LogP contribution in [-0.4, -0.2) is 37.7 Å². The van der Waals surface area contributed by atoms with Crippen LogP contribution in [0.5, 0.6) is 0 Å². The van der Waals surface area contributed by atoms with Crippen molar-refractivity contribution >= 4 is 27.6 Å². The molecule has 1 amide bonds. The van der Waals surface area contributed by atoms with Crippen molar-refractivity contribution in [1.29, 1.82) is 0 Å². The van der Waals surface area contributed by atoms with E-state index in [0.717, 1.165) is 11.8 Å². The van der Waals surface area contributed by atoms with E-state index in [9.17, 15) is 18.0 Å². The van der Waals surface area contributed by atoms with Crippen molar-refractivity contribution in [1.82, 2.24) is 5.32 Å². The normalized spacial score (nSPS) is 16.3. The molecule has 0 saturated carbocycles. The summed E-state index contributed by atoms with van der Waals surface area (Å²) in [7, 11) is -3.38. The fourth-order valence-electron chi connectivity index (χ4n) is 3.36. The van der Waals surface area contributed by atoms with E-state index in [1.165, 1.54) is 10.4 Å². The summed E-state index contributed by atoms with van der Waals surface area (Å²) in [5.41, 5.74) is 1.85. The number of carboxylic acids is 1. The lowest BCUT2D eigenvalue weighted by atomic mass is 10.1. The van der Waals surface area contributed by atoms with E-state index in [0.29, 0.717) is 23.4 Å². The minimum atomic E-state index is -3.38. The first-order valence-electron chi connectivity index (χ1n) is 8.31. The predicted octanol–water partition coefficient (Wildman–Crippen LogP) is 1.93. The van der Waals surface area contributed by atoms with Crippen molar-refractivity contribution in [2.75, 3.05) is 10.6 Å². The Labute approximate surface area is 156 Å². The smallest absolute Gasteiger partial charge is 0.339 e. The van der Waals surface area contributed by atoms with Crippen molar-refractivity contribution in [2.45, 2.75) is 32.9 Å². The summed E-state index contributed by atoms with van der Waals surface area (Å²) >= 11 is 0. The maximum Gasteiger partial charge on any atom is 0.339 e. The molecule has 1 aromatic carbocycles. The molecule has 3 rings (SSSR count). The average Bonchev–Trinajstić information content (AvgIpc) is 3.10. The highest BCUT2D eigenvalue weighted by Crippen LogP contribution is 2.34. The van der Waals surface area contributed by atoms with Crippen LogP contribution in [0.4, 0.5) is 5.69 Å².